The van der Waals surface area contributed by atoms with E-state index in [2.05, 4.69) is 15.0 Å². The second-order valence-corrected chi connectivity index (χ2v) is 12.8. The van der Waals surface area contributed by atoms with E-state index in [1.807, 2.05) is 30.3 Å². The maximum atomic E-state index is 13.1. The molecule has 0 radical (unpaired) electrons. The van der Waals surface area contributed by atoms with Crippen LogP contribution in [-0.2, 0) is 21.3 Å². The van der Waals surface area contributed by atoms with Crippen LogP contribution in [-0.4, -0.2) is 38.2 Å². The van der Waals surface area contributed by atoms with E-state index in [4.69, 9.17) is 37.7 Å². The van der Waals surface area contributed by atoms with E-state index in [1.165, 1.54) is 19.2 Å². The Kier molecular flexibility index (Phi) is 9.95. The zero-order valence-corrected chi connectivity index (χ0v) is 26.2. The van der Waals surface area contributed by atoms with Crippen molar-refractivity contribution in [1.82, 2.24) is 15.0 Å². The van der Waals surface area contributed by atoms with Gasteiger partial charge >= 0.3 is 6.09 Å². The molecule has 1 amide bonds. The lowest BCUT2D eigenvalue weighted by Gasteiger charge is -2.20. The molecule has 0 saturated carbocycles. The first-order valence-electron chi connectivity index (χ1n) is 13.1. The summed E-state index contributed by atoms with van der Waals surface area (Å²) in [5.41, 5.74) is 2.69. The van der Waals surface area contributed by atoms with Crippen LogP contribution in [0.5, 0.6) is 5.88 Å². The number of methoxy groups -OCH3 is 1. The van der Waals surface area contributed by atoms with Crippen LogP contribution >= 0.6 is 23.2 Å². The Hall–Kier alpha value is -4.12. The Labute approximate surface area is 260 Å². The maximum absolute atomic E-state index is 13.1. The van der Waals surface area contributed by atoms with Crippen LogP contribution in [0.2, 0.25) is 10.0 Å². The number of guanidine groups is 1. The van der Waals surface area contributed by atoms with E-state index in [-0.39, 0.29) is 23.3 Å². The molecule has 2 N–H and O–H groups in total. The third kappa shape index (κ3) is 8.70. The van der Waals surface area contributed by atoms with Crippen LogP contribution < -0.4 is 14.8 Å². The highest BCUT2D eigenvalue weighted by Gasteiger charge is 2.22. The fourth-order valence-corrected chi connectivity index (χ4v) is 5.21. The van der Waals surface area contributed by atoms with Gasteiger partial charge in [-0.2, -0.15) is 0 Å². The van der Waals surface area contributed by atoms with Gasteiger partial charge in [0.25, 0.3) is 10.0 Å². The molecule has 0 fully saturated rings. The molecule has 43 heavy (non-hydrogen) atoms. The lowest BCUT2D eigenvalue weighted by Crippen LogP contribution is -2.45. The molecule has 9 nitrogen and oxygen atoms in total. The summed E-state index contributed by atoms with van der Waals surface area (Å²) in [4.78, 5) is 21.8. The molecule has 1 heterocycles. The van der Waals surface area contributed by atoms with Crippen molar-refractivity contribution in [2.45, 2.75) is 37.8 Å². The number of sulfonamides is 1. The number of aliphatic imine (C=N–C) groups is 1. The van der Waals surface area contributed by atoms with Gasteiger partial charge in [-0.3, -0.25) is 5.32 Å². The summed E-state index contributed by atoms with van der Waals surface area (Å²) in [6, 6.07) is 24.1. The number of benzene rings is 3. The highest BCUT2D eigenvalue weighted by atomic mass is 35.5. The van der Waals surface area contributed by atoms with Crippen molar-refractivity contribution >= 4 is 45.3 Å². The van der Waals surface area contributed by atoms with E-state index in [0.717, 1.165) is 16.7 Å². The molecular weight excluding hydrogens is 611 g/mol. The summed E-state index contributed by atoms with van der Waals surface area (Å²) in [6.07, 6.45) is -0.882. The van der Waals surface area contributed by atoms with Gasteiger partial charge < -0.3 is 9.47 Å². The van der Waals surface area contributed by atoms with Gasteiger partial charge in [0.2, 0.25) is 11.8 Å². The molecule has 224 valence electrons. The third-order valence-corrected chi connectivity index (χ3v) is 7.70. The first-order valence-corrected chi connectivity index (χ1v) is 15.3. The van der Waals surface area contributed by atoms with Crippen molar-refractivity contribution < 1.29 is 22.7 Å². The molecule has 0 saturated heterocycles. The van der Waals surface area contributed by atoms with Crippen molar-refractivity contribution in [3.05, 3.63) is 101 Å². The fraction of sp³-hybridized carbons (Fsp3) is 0.194. The monoisotopic (exact) mass is 640 g/mol. The zero-order valence-electron chi connectivity index (χ0n) is 23.9. The minimum atomic E-state index is -4.09. The molecule has 12 heteroatoms. The molecule has 1 aromatic heterocycles. The van der Waals surface area contributed by atoms with Crippen LogP contribution in [0.25, 0.3) is 22.4 Å². The highest BCUT2D eigenvalue weighted by Crippen LogP contribution is 2.36. The molecule has 0 aliphatic carbocycles. The number of alkyl carbamates (subject to hydrolysis) is 1. The van der Waals surface area contributed by atoms with Crippen LogP contribution in [0.15, 0.2) is 94.8 Å². The Morgan fingerprint density at radius 3 is 2.05 bits per heavy atom. The Balaban J connectivity index is 1.78. The fourth-order valence-electron chi connectivity index (χ4n) is 3.95. The Morgan fingerprint density at radius 1 is 0.907 bits per heavy atom. The summed E-state index contributed by atoms with van der Waals surface area (Å²) in [7, 11) is -2.62. The summed E-state index contributed by atoms with van der Waals surface area (Å²) >= 11 is 12.3. The largest absolute Gasteiger partial charge is 0.481 e. The number of aromatic nitrogens is 1. The predicted octanol–water partition coefficient (Wildman–Crippen LogP) is 7.09. The first kappa shape index (κ1) is 31.8. The quantitative estimate of drug-likeness (QED) is 0.164. The highest BCUT2D eigenvalue weighted by molar-refractivity contribution is 7.90. The van der Waals surface area contributed by atoms with Gasteiger partial charge in [0.05, 0.1) is 24.2 Å². The molecular formula is C31H30Cl2N4O5S. The van der Waals surface area contributed by atoms with Gasteiger partial charge in [-0.15, -0.1) is 0 Å². The number of ether oxygens (including phenoxy) is 2. The molecule has 4 rings (SSSR count). The van der Waals surface area contributed by atoms with Gasteiger partial charge in [0.1, 0.15) is 5.60 Å². The Morgan fingerprint density at radius 2 is 1.49 bits per heavy atom. The van der Waals surface area contributed by atoms with Gasteiger partial charge in [-0.1, -0.05) is 65.7 Å². The van der Waals surface area contributed by atoms with E-state index in [9.17, 15) is 13.2 Å². The number of halogens is 2. The number of nitrogens with one attached hydrogen (secondary N) is 2. The number of carbonyl (C=O) groups is 1. The number of pyridine rings is 1. The van der Waals surface area contributed by atoms with Crippen molar-refractivity contribution in [2.75, 3.05) is 7.11 Å². The first-order chi connectivity index (χ1) is 20.3. The number of amides is 1. The van der Waals surface area contributed by atoms with Crippen LogP contribution in [0.1, 0.15) is 26.3 Å². The predicted molar refractivity (Wildman–Crippen MR) is 169 cm³/mol. The lowest BCUT2D eigenvalue weighted by molar-refractivity contribution is 0.0562. The molecule has 0 aliphatic rings. The Bertz CT molecular complexity index is 1720. The summed E-state index contributed by atoms with van der Waals surface area (Å²) < 4.78 is 39.5. The lowest BCUT2D eigenvalue weighted by atomic mass is 9.97. The summed E-state index contributed by atoms with van der Waals surface area (Å²) in [6.45, 7) is 4.96. The molecule has 0 bridgehead atoms. The second-order valence-electron chi connectivity index (χ2n) is 10.3. The molecule has 0 aliphatic heterocycles. The number of hydrogen-bond acceptors (Lipinski definition) is 7. The zero-order chi connectivity index (χ0) is 31.2. The topological polar surface area (TPSA) is 119 Å². The van der Waals surface area contributed by atoms with E-state index in [0.29, 0.717) is 21.3 Å². The molecule has 0 atom stereocenters. The van der Waals surface area contributed by atoms with Crippen LogP contribution in [0.4, 0.5) is 4.79 Å². The average Bonchev–Trinajstić information content (AvgIpc) is 2.95. The molecule has 0 spiro atoms. The minimum Gasteiger partial charge on any atom is -0.481 e. The van der Waals surface area contributed by atoms with E-state index < -0.39 is 21.7 Å². The van der Waals surface area contributed by atoms with E-state index >= 15 is 0 Å². The second kappa shape index (κ2) is 13.5. The van der Waals surface area contributed by atoms with Gasteiger partial charge in [0.15, 0.2) is 0 Å². The molecule has 3 aromatic carbocycles. The van der Waals surface area contributed by atoms with Crippen molar-refractivity contribution in [1.29, 1.82) is 0 Å². The van der Waals surface area contributed by atoms with Crippen molar-refractivity contribution in [2.24, 2.45) is 4.99 Å². The maximum Gasteiger partial charge on any atom is 0.414 e. The summed E-state index contributed by atoms with van der Waals surface area (Å²) in [5.74, 6) is -0.0797. The number of hydrogen-bond donors (Lipinski definition) is 2. The molecule has 4 aromatic rings. The SMILES string of the molecule is COc1nc(-c2ccc(Cl)cc2)c(-c2ccc(Cl)cc2)cc1CN=C(NC(=O)OC(C)(C)C)NS(=O)(=O)c1ccccc1. The number of carbonyl (C=O) groups excluding carboxylic acids is 1. The molecule has 0 unspecified atom stereocenters. The third-order valence-electron chi connectivity index (χ3n) is 5.84. The van der Waals surface area contributed by atoms with Gasteiger partial charge in [0, 0.05) is 26.7 Å². The smallest absolute Gasteiger partial charge is 0.414 e. The number of rotatable bonds is 7. The van der Waals surface area contributed by atoms with Crippen molar-refractivity contribution in [3.63, 3.8) is 0 Å². The van der Waals surface area contributed by atoms with Crippen molar-refractivity contribution in [3.8, 4) is 28.3 Å². The van der Waals surface area contributed by atoms with Crippen LogP contribution in [0, 0.1) is 0 Å². The minimum absolute atomic E-state index is 0.00900. The van der Waals surface area contributed by atoms with Gasteiger partial charge in [-0.05, 0) is 68.8 Å². The summed E-state index contributed by atoms with van der Waals surface area (Å²) in [5, 5.41) is 3.57. The average molecular weight is 642 g/mol. The normalized spacial score (nSPS) is 12.0. The number of nitrogens with zero attached hydrogens (tertiary/aromatic N) is 2. The van der Waals surface area contributed by atoms with E-state index in [1.54, 1.807) is 63.2 Å². The standard InChI is InChI=1S/C31H30Cl2N4O5S/c1-31(2,3)42-30(38)36-29(37-43(39,40)25-8-6-5-7-9-25)34-19-22-18-26(20-10-14-23(32)15-11-20)27(35-28(22)41-4)21-12-16-24(33)17-13-21/h5-18H,19H2,1-4H3,(H2,34,36,37,38). The van der Waals surface area contributed by atoms with Gasteiger partial charge in [-0.25, -0.2) is 27.9 Å². The van der Waals surface area contributed by atoms with Crippen LogP contribution in [0.3, 0.4) is 0 Å².